The predicted molar refractivity (Wildman–Crippen MR) is 79.5 cm³/mol. The second-order valence-electron chi connectivity index (χ2n) is 4.76. The Morgan fingerprint density at radius 3 is 2.58 bits per heavy atom. The molecule has 1 aromatic rings. The zero-order valence-corrected chi connectivity index (χ0v) is 13.5. The fourth-order valence-electron chi connectivity index (χ4n) is 2.28. The Balaban J connectivity index is 2.09. The van der Waals surface area contributed by atoms with Crippen LogP contribution < -0.4 is 5.32 Å². The Bertz CT molecular complexity index is 514. The van der Waals surface area contributed by atoms with Crippen LogP contribution in [0.2, 0.25) is 4.34 Å². The van der Waals surface area contributed by atoms with E-state index in [2.05, 4.69) is 12.2 Å². The van der Waals surface area contributed by atoms with Gasteiger partial charge >= 0.3 is 0 Å². The summed E-state index contributed by atoms with van der Waals surface area (Å²) < 4.78 is 27.4. The van der Waals surface area contributed by atoms with Gasteiger partial charge in [-0.15, -0.1) is 11.3 Å². The molecule has 7 heteroatoms. The van der Waals surface area contributed by atoms with Crippen molar-refractivity contribution in [2.24, 2.45) is 0 Å². The van der Waals surface area contributed by atoms with Crippen molar-refractivity contribution < 1.29 is 8.42 Å². The molecule has 0 saturated carbocycles. The van der Waals surface area contributed by atoms with Crippen molar-refractivity contribution in [3.8, 4) is 0 Å². The van der Waals surface area contributed by atoms with E-state index in [1.807, 2.05) is 6.92 Å². The van der Waals surface area contributed by atoms with Crippen molar-refractivity contribution in [1.29, 1.82) is 0 Å². The zero-order chi connectivity index (χ0) is 14.0. The average Bonchev–Trinajstić information content (AvgIpc) is 2.71. The summed E-state index contributed by atoms with van der Waals surface area (Å²) in [6, 6.07) is 2.10. The Morgan fingerprint density at radius 2 is 2.11 bits per heavy atom. The van der Waals surface area contributed by atoms with Crippen LogP contribution in [0.15, 0.2) is 10.3 Å². The van der Waals surface area contributed by atoms with Crippen molar-refractivity contribution >= 4 is 33.0 Å². The molecule has 4 nitrogen and oxygen atoms in total. The number of hydrogen-bond acceptors (Lipinski definition) is 4. The van der Waals surface area contributed by atoms with Gasteiger partial charge in [-0.3, -0.25) is 0 Å². The number of nitrogens with zero attached hydrogens (tertiary/aromatic N) is 1. The fourth-order valence-corrected chi connectivity index (χ4v) is 5.61. The third-order valence-corrected chi connectivity index (χ3v) is 7.28. The number of aryl methyl sites for hydroxylation is 1. The van der Waals surface area contributed by atoms with E-state index >= 15 is 0 Å². The first-order valence-corrected chi connectivity index (χ1v) is 9.08. The molecule has 0 bridgehead atoms. The summed E-state index contributed by atoms with van der Waals surface area (Å²) in [7, 11) is -3.36. The summed E-state index contributed by atoms with van der Waals surface area (Å²) in [5.41, 5.74) is 0.827. The quantitative estimate of drug-likeness (QED) is 0.926. The molecular formula is C12H19ClN2O2S2. The maximum absolute atomic E-state index is 12.5. The second-order valence-corrected chi connectivity index (χ2v) is 8.58. The van der Waals surface area contributed by atoms with E-state index < -0.39 is 10.0 Å². The van der Waals surface area contributed by atoms with Crippen molar-refractivity contribution in [3.63, 3.8) is 0 Å². The van der Waals surface area contributed by atoms with Gasteiger partial charge in [-0.1, -0.05) is 18.5 Å². The summed E-state index contributed by atoms with van der Waals surface area (Å²) in [4.78, 5) is 0. The molecule has 1 fully saturated rings. The van der Waals surface area contributed by atoms with Crippen LogP contribution in [-0.2, 0) is 10.0 Å². The molecule has 0 aliphatic carbocycles. The number of rotatable bonds is 4. The monoisotopic (exact) mass is 322 g/mol. The summed E-state index contributed by atoms with van der Waals surface area (Å²) in [5, 5.41) is 3.37. The Hall–Kier alpha value is -0.140. The van der Waals surface area contributed by atoms with Crippen LogP contribution in [0.3, 0.4) is 0 Å². The lowest BCUT2D eigenvalue weighted by Crippen LogP contribution is -2.44. The van der Waals surface area contributed by atoms with Crippen LogP contribution >= 0.6 is 22.9 Å². The van der Waals surface area contributed by atoms with Gasteiger partial charge < -0.3 is 5.32 Å². The molecule has 2 rings (SSSR count). The number of piperidine rings is 1. The van der Waals surface area contributed by atoms with Gasteiger partial charge in [-0.2, -0.15) is 4.31 Å². The first-order chi connectivity index (χ1) is 8.95. The molecule has 1 aliphatic rings. The molecule has 0 unspecified atom stereocenters. The number of hydrogen-bond donors (Lipinski definition) is 1. The lowest BCUT2D eigenvalue weighted by Gasteiger charge is -2.31. The average molecular weight is 323 g/mol. The molecule has 2 heterocycles. The standard InChI is InChI=1S/C12H19ClN2O2S2/c1-3-14-10-4-6-15(7-5-10)19(16,17)11-8-9(2)12(13)18-11/h8,10,14H,3-7H2,1-2H3. The van der Waals surface area contributed by atoms with Crippen LogP contribution in [-0.4, -0.2) is 38.4 Å². The molecule has 108 valence electrons. The normalized spacial score (nSPS) is 18.9. The SMILES string of the molecule is CCNC1CCN(S(=O)(=O)c2cc(C)c(Cl)s2)CC1. The molecule has 1 aliphatic heterocycles. The number of thiophene rings is 1. The minimum absolute atomic E-state index is 0.358. The zero-order valence-electron chi connectivity index (χ0n) is 11.1. The topological polar surface area (TPSA) is 49.4 Å². The molecule has 1 aromatic heterocycles. The number of sulfonamides is 1. The van der Waals surface area contributed by atoms with Crippen molar-refractivity contribution in [2.75, 3.05) is 19.6 Å². The van der Waals surface area contributed by atoms with Gasteiger partial charge in [0.25, 0.3) is 10.0 Å². The fraction of sp³-hybridized carbons (Fsp3) is 0.667. The van der Waals surface area contributed by atoms with E-state index in [4.69, 9.17) is 11.6 Å². The van der Waals surface area contributed by atoms with Crippen LogP contribution in [0, 0.1) is 6.92 Å². The lowest BCUT2D eigenvalue weighted by atomic mass is 10.1. The maximum atomic E-state index is 12.5. The van der Waals surface area contributed by atoms with E-state index in [1.54, 1.807) is 10.4 Å². The highest BCUT2D eigenvalue weighted by atomic mass is 35.5. The second kappa shape index (κ2) is 6.10. The summed E-state index contributed by atoms with van der Waals surface area (Å²) >= 11 is 7.11. The van der Waals surface area contributed by atoms with E-state index in [1.165, 1.54) is 0 Å². The minimum atomic E-state index is -3.36. The molecule has 0 spiro atoms. The van der Waals surface area contributed by atoms with Gasteiger partial charge in [-0.05, 0) is 37.9 Å². The van der Waals surface area contributed by atoms with Crippen LogP contribution in [0.4, 0.5) is 0 Å². The summed E-state index contributed by atoms with van der Waals surface area (Å²) in [6.07, 6.45) is 1.73. The molecule has 19 heavy (non-hydrogen) atoms. The molecule has 0 amide bonds. The highest BCUT2D eigenvalue weighted by Crippen LogP contribution is 2.32. The molecule has 0 radical (unpaired) electrons. The lowest BCUT2D eigenvalue weighted by molar-refractivity contribution is 0.293. The van der Waals surface area contributed by atoms with E-state index in [-0.39, 0.29) is 0 Å². The smallest absolute Gasteiger partial charge is 0.252 e. The number of halogens is 1. The minimum Gasteiger partial charge on any atom is -0.314 e. The van der Waals surface area contributed by atoms with Gasteiger partial charge in [0.1, 0.15) is 4.21 Å². The molecular weight excluding hydrogens is 304 g/mol. The van der Waals surface area contributed by atoms with Crippen molar-refractivity contribution in [3.05, 3.63) is 16.0 Å². The first-order valence-electron chi connectivity index (χ1n) is 6.44. The molecule has 0 atom stereocenters. The highest BCUT2D eigenvalue weighted by Gasteiger charge is 2.30. The van der Waals surface area contributed by atoms with E-state index in [0.717, 1.165) is 36.3 Å². The summed E-state index contributed by atoms with van der Waals surface area (Å²) in [6.45, 7) is 5.98. The third kappa shape index (κ3) is 3.31. The van der Waals surface area contributed by atoms with Gasteiger partial charge in [0, 0.05) is 19.1 Å². The van der Waals surface area contributed by atoms with Gasteiger partial charge in [-0.25, -0.2) is 8.42 Å². The molecule has 1 N–H and O–H groups in total. The van der Waals surface area contributed by atoms with Crippen molar-refractivity contribution in [2.45, 2.75) is 36.9 Å². The van der Waals surface area contributed by atoms with Gasteiger partial charge in [0.2, 0.25) is 0 Å². The van der Waals surface area contributed by atoms with Gasteiger partial charge in [0.05, 0.1) is 4.34 Å². The van der Waals surface area contributed by atoms with Crippen LogP contribution in [0.25, 0.3) is 0 Å². The van der Waals surface area contributed by atoms with Crippen molar-refractivity contribution in [1.82, 2.24) is 9.62 Å². The molecule has 1 saturated heterocycles. The van der Waals surface area contributed by atoms with E-state index in [0.29, 0.717) is 27.7 Å². The largest absolute Gasteiger partial charge is 0.314 e. The third-order valence-electron chi connectivity index (χ3n) is 3.38. The first kappa shape index (κ1) is 15.3. The Labute approximate surface area is 123 Å². The Kier molecular flexibility index (Phi) is 4.89. The Morgan fingerprint density at radius 1 is 1.47 bits per heavy atom. The highest BCUT2D eigenvalue weighted by molar-refractivity contribution is 7.91. The van der Waals surface area contributed by atoms with Gasteiger partial charge in [0.15, 0.2) is 0 Å². The summed E-state index contributed by atoms with van der Waals surface area (Å²) in [5.74, 6) is 0. The predicted octanol–water partition coefficient (Wildman–Crippen LogP) is 2.47. The van der Waals surface area contributed by atoms with Crippen LogP contribution in [0.1, 0.15) is 25.3 Å². The number of nitrogens with one attached hydrogen (secondary N) is 1. The maximum Gasteiger partial charge on any atom is 0.252 e. The van der Waals surface area contributed by atoms with Crippen LogP contribution in [0.5, 0.6) is 0 Å². The molecule has 0 aromatic carbocycles. The van der Waals surface area contributed by atoms with E-state index in [9.17, 15) is 8.42 Å².